The molecule has 1 fully saturated rings. The number of phenols is 1. The number of ether oxygens (including phenoxy) is 1. The Balaban J connectivity index is 2.20. The Labute approximate surface area is 103 Å². The highest BCUT2D eigenvalue weighted by Gasteiger charge is 2.24. The monoisotopic (exact) mass is 235 g/mol. The first-order valence-corrected chi connectivity index (χ1v) is 6.30. The van der Waals surface area contributed by atoms with Gasteiger partial charge in [-0.2, -0.15) is 0 Å². The quantitative estimate of drug-likeness (QED) is 0.845. The molecular weight excluding hydrogens is 214 g/mol. The SMILES string of the molecule is COc1cccc(C(C)C2CCCNC2)c1O. The number of methoxy groups -OCH3 is 1. The van der Waals surface area contributed by atoms with Crippen molar-refractivity contribution in [2.24, 2.45) is 5.92 Å². The highest BCUT2D eigenvalue weighted by Crippen LogP contribution is 2.38. The van der Waals surface area contributed by atoms with Gasteiger partial charge in [0.05, 0.1) is 7.11 Å². The number of para-hydroxylation sites is 1. The number of phenolic OH excluding ortho intramolecular Hbond substituents is 1. The number of piperidine rings is 1. The summed E-state index contributed by atoms with van der Waals surface area (Å²) in [6.07, 6.45) is 2.45. The molecule has 3 nitrogen and oxygen atoms in total. The highest BCUT2D eigenvalue weighted by atomic mass is 16.5. The molecule has 1 aromatic rings. The first kappa shape index (κ1) is 12.2. The zero-order valence-electron chi connectivity index (χ0n) is 10.6. The van der Waals surface area contributed by atoms with Gasteiger partial charge >= 0.3 is 0 Å². The molecule has 1 aliphatic rings. The Morgan fingerprint density at radius 2 is 2.29 bits per heavy atom. The van der Waals surface area contributed by atoms with Crippen LogP contribution in [0.1, 0.15) is 31.2 Å². The van der Waals surface area contributed by atoms with Crippen molar-refractivity contribution in [1.82, 2.24) is 5.32 Å². The Morgan fingerprint density at radius 3 is 2.94 bits per heavy atom. The van der Waals surface area contributed by atoms with Crippen molar-refractivity contribution in [2.45, 2.75) is 25.7 Å². The standard InChI is InChI=1S/C14H21NO2/c1-10(11-5-4-8-15-9-11)12-6-3-7-13(17-2)14(12)16/h3,6-7,10-11,15-16H,4-5,8-9H2,1-2H3. The lowest BCUT2D eigenvalue weighted by atomic mass is 9.82. The van der Waals surface area contributed by atoms with Gasteiger partial charge in [-0.15, -0.1) is 0 Å². The second kappa shape index (κ2) is 5.41. The number of nitrogens with one attached hydrogen (secondary N) is 1. The lowest BCUT2D eigenvalue weighted by Crippen LogP contribution is -2.32. The molecule has 17 heavy (non-hydrogen) atoms. The summed E-state index contributed by atoms with van der Waals surface area (Å²) in [5, 5.41) is 13.6. The summed E-state index contributed by atoms with van der Waals surface area (Å²) in [6.45, 7) is 4.34. The summed E-state index contributed by atoms with van der Waals surface area (Å²) >= 11 is 0. The molecule has 2 unspecified atom stereocenters. The number of rotatable bonds is 3. The van der Waals surface area contributed by atoms with Gasteiger partial charge in [0.15, 0.2) is 11.5 Å². The molecule has 0 amide bonds. The van der Waals surface area contributed by atoms with E-state index in [9.17, 15) is 5.11 Å². The number of hydrogen-bond acceptors (Lipinski definition) is 3. The molecule has 94 valence electrons. The number of benzene rings is 1. The van der Waals surface area contributed by atoms with E-state index in [1.807, 2.05) is 12.1 Å². The van der Waals surface area contributed by atoms with Crippen LogP contribution in [0.25, 0.3) is 0 Å². The van der Waals surface area contributed by atoms with Crippen molar-refractivity contribution < 1.29 is 9.84 Å². The summed E-state index contributed by atoms with van der Waals surface area (Å²) < 4.78 is 5.16. The maximum absolute atomic E-state index is 10.1. The van der Waals surface area contributed by atoms with Crippen molar-refractivity contribution in [3.8, 4) is 11.5 Å². The molecule has 1 heterocycles. The Bertz CT molecular complexity index is 372. The fourth-order valence-electron chi connectivity index (χ4n) is 2.63. The Hall–Kier alpha value is -1.22. The first-order valence-electron chi connectivity index (χ1n) is 6.30. The van der Waals surface area contributed by atoms with Crippen LogP contribution < -0.4 is 10.1 Å². The van der Waals surface area contributed by atoms with E-state index >= 15 is 0 Å². The molecule has 2 atom stereocenters. The van der Waals surface area contributed by atoms with Crippen LogP contribution in [-0.2, 0) is 0 Å². The van der Waals surface area contributed by atoms with E-state index in [1.165, 1.54) is 12.8 Å². The maximum atomic E-state index is 10.1. The van der Waals surface area contributed by atoms with E-state index in [0.717, 1.165) is 18.7 Å². The number of hydrogen-bond donors (Lipinski definition) is 2. The number of aromatic hydroxyl groups is 1. The summed E-state index contributed by atoms with van der Waals surface area (Å²) in [7, 11) is 1.59. The van der Waals surface area contributed by atoms with Crippen LogP contribution in [0.4, 0.5) is 0 Å². The zero-order chi connectivity index (χ0) is 12.3. The van der Waals surface area contributed by atoms with Gasteiger partial charge in [-0.1, -0.05) is 19.1 Å². The zero-order valence-corrected chi connectivity index (χ0v) is 10.6. The van der Waals surface area contributed by atoms with E-state index in [-0.39, 0.29) is 0 Å². The van der Waals surface area contributed by atoms with Crippen molar-refractivity contribution in [3.63, 3.8) is 0 Å². The predicted molar refractivity (Wildman–Crippen MR) is 68.7 cm³/mol. The first-order chi connectivity index (χ1) is 8.24. The molecule has 0 aliphatic carbocycles. The molecule has 1 saturated heterocycles. The van der Waals surface area contributed by atoms with Crippen LogP contribution in [0.15, 0.2) is 18.2 Å². The second-order valence-corrected chi connectivity index (χ2v) is 4.79. The van der Waals surface area contributed by atoms with Crippen LogP contribution in [0.3, 0.4) is 0 Å². The van der Waals surface area contributed by atoms with Crippen molar-refractivity contribution in [2.75, 3.05) is 20.2 Å². The molecule has 2 N–H and O–H groups in total. The predicted octanol–water partition coefficient (Wildman–Crippen LogP) is 2.50. The molecule has 0 radical (unpaired) electrons. The van der Waals surface area contributed by atoms with Crippen LogP contribution in [-0.4, -0.2) is 25.3 Å². The topological polar surface area (TPSA) is 41.5 Å². The van der Waals surface area contributed by atoms with Gasteiger partial charge in [-0.05, 0) is 43.8 Å². The fourth-order valence-corrected chi connectivity index (χ4v) is 2.63. The Kier molecular flexibility index (Phi) is 3.89. The Morgan fingerprint density at radius 1 is 1.47 bits per heavy atom. The maximum Gasteiger partial charge on any atom is 0.161 e. The van der Waals surface area contributed by atoms with Gasteiger partial charge < -0.3 is 15.2 Å². The molecule has 1 aromatic carbocycles. The lowest BCUT2D eigenvalue weighted by molar-refractivity contribution is 0.322. The minimum atomic E-state index is 0.299. The van der Waals surface area contributed by atoms with Gasteiger partial charge in [-0.3, -0.25) is 0 Å². The smallest absolute Gasteiger partial charge is 0.161 e. The van der Waals surface area contributed by atoms with Gasteiger partial charge in [-0.25, -0.2) is 0 Å². The highest BCUT2D eigenvalue weighted by molar-refractivity contribution is 5.47. The lowest BCUT2D eigenvalue weighted by Gasteiger charge is -2.29. The molecule has 0 aromatic heterocycles. The minimum Gasteiger partial charge on any atom is -0.504 e. The van der Waals surface area contributed by atoms with E-state index in [4.69, 9.17) is 4.74 Å². The van der Waals surface area contributed by atoms with Gasteiger partial charge in [0.2, 0.25) is 0 Å². The normalized spacial score (nSPS) is 22.1. The third kappa shape index (κ3) is 2.55. The molecule has 3 heteroatoms. The van der Waals surface area contributed by atoms with E-state index in [0.29, 0.717) is 23.3 Å². The van der Waals surface area contributed by atoms with Crippen LogP contribution >= 0.6 is 0 Å². The molecule has 0 saturated carbocycles. The van der Waals surface area contributed by atoms with Gasteiger partial charge in [0.1, 0.15) is 0 Å². The second-order valence-electron chi connectivity index (χ2n) is 4.79. The molecular formula is C14H21NO2. The van der Waals surface area contributed by atoms with Gasteiger partial charge in [0.25, 0.3) is 0 Å². The van der Waals surface area contributed by atoms with Crippen molar-refractivity contribution in [3.05, 3.63) is 23.8 Å². The van der Waals surface area contributed by atoms with Crippen LogP contribution in [0.2, 0.25) is 0 Å². The molecule has 2 rings (SSSR count). The van der Waals surface area contributed by atoms with E-state index in [2.05, 4.69) is 12.2 Å². The third-order valence-electron chi connectivity index (χ3n) is 3.78. The van der Waals surface area contributed by atoms with Crippen molar-refractivity contribution >= 4 is 0 Å². The minimum absolute atomic E-state index is 0.299. The van der Waals surface area contributed by atoms with E-state index < -0.39 is 0 Å². The largest absolute Gasteiger partial charge is 0.504 e. The average Bonchev–Trinajstić information content (AvgIpc) is 2.39. The van der Waals surface area contributed by atoms with E-state index in [1.54, 1.807) is 13.2 Å². The van der Waals surface area contributed by atoms with Crippen LogP contribution in [0, 0.1) is 5.92 Å². The summed E-state index contributed by atoms with van der Waals surface area (Å²) in [5.74, 6) is 1.82. The molecule has 1 aliphatic heterocycles. The van der Waals surface area contributed by atoms with Gasteiger partial charge in [0, 0.05) is 5.56 Å². The van der Waals surface area contributed by atoms with Crippen LogP contribution in [0.5, 0.6) is 11.5 Å². The summed E-state index contributed by atoms with van der Waals surface area (Å²) in [6, 6.07) is 5.74. The summed E-state index contributed by atoms with van der Waals surface area (Å²) in [5.41, 5.74) is 0.998. The third-order valence-corrected chi connectivity index (χ3v) is 3.78. The molecule has 0 spiro atoms. The fraction of sp³-hybridized carbons (Fsp3) is 0.571. The molecule has 0 bridgehead atoms. The van der Waals surface area contributed by atoms with Crippen molar-refractivity contribution in [1.29, 1.82) is 0 Å². The average molecular weight is 235 g/mol. The summed E-state index contributed by atoms with van der Waals surface area (Å²) in [4.78, 5) is 0.